The zero-order valence-electron chi connectivity index (χ0n) is 13.6. The van der Waals surface area contributed by atoms with E-state index in [1.54, 1.807) is 23.2 Å². The van der Waals surface area contributed by atoms with Gasteiger partial charge in [0.25, 0.3) is 5.88 Å². The van der Waals surface area contributed by atoms with Crippen molar-refractivity contribution in [1.29, 1.82) is 0 Å². The molecule has 4 nitrogen and oxygen atoms in total. The largest absolute Gasteiger partial charge is 0.461 e. The smallest absolute Gasteiger partial charge is 0.280 e. The van der Waals surface area contributed by atoms with E-state index in [4.69, 9.17) is 4.74 Å². The Morgan fingerprint density at radius 1 is 1.08 bits per heavy atom. The topological polar surface area (TPSA) is 43.1 Å². The van der Waals surface area contributed by atoms with Gasteiger partial charge in [-0.25, -0.2) is 4.98 Å². The van der Waals surface area contributed by atoms with Crippen LogP contribution in [-0.2, 0) is 6.54 Å². The molecule has 0 radical (unpaired) electrons. The number of carbonyl (C=O) groups excluding carboxylic acids is 1. The minimum atomic E-state index is -0.149. The molecule has 1 atom stereocenters. The van der Waals surface area contributed by atoms with Gasteiger partial charge in [0.05, 0.1) is 6.20 Å². The van der Waals surface area contributed by atoms with Crippen LogP contribution in [-0.4, -0.2) is 10.8 Å². The van der Waals surface area contributed by atoms with Gasteiger partial charge < -0.3 is 4.74 Å². The van der Waals surface area contributed by atoms with Crippen molar-refractivity contribution in [2.75, 3.05) is 0 Å². The molecule has 3 aromatic rings. The average molecular weight is 329 g/mol. The monoisotopic (exact) mass is 329 g/mol. The van der Waals surface area contributed by atoms with E-state index in [9.17, 15) is 4.79 Å². The molecular weight excluding hydrogens is 312 g/mol. The highest BCUT2D eigenvalue weighted by Gasteiger charge is 2.20. The van der Waals surface area contributed by atoms with Crippen LogP contribution in [0.25, 0.3) is 6.08 Å². The van der Waals surface area contributed by atoms with Crippen molar-refractivity contribution in [2.24, 2.45) is 0 Å². The molecule has 4 rings (SSSR count). The number of nitrogens with zero attached hydrogens (tertiary/aromatic N) is 2. The molecular formula is C21H17N2O2+. The summed E-state index contributed by atoms with van der Waals surface area (Å²) >= 11 is 0. The molecule has 0 bridgehead atoms. The summed E-state index contributed by atoms with van der Waals surface area (Å²) in [5.74, 6) is 0.545. The molecule has 1 aliphatic carbocycles. The van der Waals surface area contributed by atoms with E-state index < -0.39 is 0 Å². The summed E-state index contributed by atoms with van der Waals surface area (Å²) in [5, 5.41) is 0. The Kier molecular flexibility index (Phi) is 4.09. The SMILES string of the molecule is O=C(C[n+]1ccnc(OC2C=Cc3ccccc32)c1)c1ccccc1. The minimum absolute atomic E-state index is 0.0499. The van der Waals surface area contributed by atoms with Gasteiger partial charge in [0.1, 0.15) is 6.10 Å². The van der Waals surface area contributed by atoms with Crippen LogP contribution in [0.3, 0.4) is 0 Å². The van der Waals surface area contributed by atoms with Crippen molar-refractivity contribution in [2.45, 2.75) is 12.6 Å². The highest BCUT2D eigenvalue weighted by Crippen LogP contribution is 2.30. The maximum absolute atomic E-state index is 12.3. The van der Waals surface area contributed by atoms with Crippen LogP contribution in [0.4, 0.5) is 0 Å². The average Bonchev–Trinajstić information content (AvgIpc) is 3.06. The Labute approximate surface area is 146 Å². The number of ketones is 1. The third kappa shape index (κ3) is 3.33. The van der Waals surface area contributed by atoms with E-state index in [2.05, 4.69) is 23.2 Å². The molecule has 0 aliphatic heterocycles. The normalized spacial score (nSPS) is 15.0. The summed E-state index contributed by atoms with van der Waals surface area (Å²) in [6, 6.07) is 17.4. The first-order valence-corrected chi connectivity index (χ1v) is 8.17. The molecule has 0 saturated carbocycles. The fraction of sp³-hybridized carbons (Fsp3) is 0.0952. The van der Waals surface area contributed by atoms with Crippen LogP contribution < -0.4 is 9.30 Å². The maximum Gasteiger partial charge on any atom is 0.280 e. The van der Waals surface area contributed by atoms with E-state index in [0.29, 0.717) is 11.4 Å². The molecule has 1 heterocycles. The quantitative estimate of drug-likeness (QED) is 0.532. The molecule has 0 saturated heterocycles. The summed E-state index contributed by atoms with van der Waals surface area (Å²) in [6.45, 7) is 0.250. The molecule has 1 unspecified atom stereocenters. The van der Waals surface area contributed by atoms with Crippen LogP contribution in [0.2, 0.25) is 0 Å². The van der Waals surface area contributed by atoms with Crippen LogP contribution >= 0.6 is 0 Å². The minimum Gasteiger partial charge on any atom is -0.461 e. The van der Waals surface area contributed by atoms with Gasteiger partial charge in [0.15, 0.2) is 6.20 Å². The summed E-state index contributed by atoms with van der Waals surface area (Å²) in [4.78, 5) is 16.6. The van der Waals surface area contributed by atoms with Crippen LogP contribution in [0, 0.1) is 0 Å². The van der Waals surface area contributed by atoms with Gasteiger partial charge in [-0.05, 0) is 11.6 Å². The lowest BCUT2D eigenvalue weighted by atomic mass is 10.1. The molecule has 0 fully saturated rings. The number of fused-ring (bicyclic) bond motifs is 1. The zero-order chi connectivity index (χ0) is 17.1. The van der Waals surface area contributed by atoms with Crippen molar-refractivity contribution >= 4 is 11.9 Å². The lowest BCUT2D eigenvalue weighted by molar-refractivity contribution is -0.684. The summed E-state index contributed by atoms with van der Waals surface area (Å²) in [6.07, 6.45) is 9.10. The molecule has 0 amide bonds. The number of Topliss-reactive ketones (excluding diaryl/α,β-unsaturated/α-hetero) is 1. The fourth-order valence-electron chi connectivity index (χ4n) is 2.90. The van der Waals surface area contributed by atoms with Crippen molar-refractivity contribution in [1.82, 2.24) is 4.98 Å². The summed E-state index contributed by atoms with van der Waals surface area (Å²) < 4.78 is 7.79. The first-order chi connectivity index (χ1) is 12.3. The first kappa shape index (κ1) is 15.3. The molecule has 122 valence electrons. The van der Waals surface area contributed by atoms with E-state index >= 15 is 0 Å². The van der Waals surface area contributed by atoms with E-state index in [-0.39, 0.29) is 18.4 Å². The van der Waals surface area contributed by atoms with Crippen LogP contribution in [0.15, 0.2) is 79.3 Å². The van der Waals surface area contributed by atoms with Gasteiger partial charge >= 0.3 is 0 Å². The lowest BCUT2D eigenvalue weighted by Gasteiger charge is -2.12. The number of benzene rings is 2. The number of rotatable bonds is 5. The second kappa shape index (κ2) is 6.69. The van der Waals surface area contributed by atoms with Crippen molar-refractivity contribution in [3.63, 3.8) is 0 Å². The predicted octanol–water partition coefficient (Wildman–Crippen LogP) is 3.40. The Balaban J connectivity index is 1.49. The van der Waals surface area contributed by atoms with Gasteiger partial charge in [-0.15, -0.1) is 0 Å². The van der Waals surface area contributed by atoms with E-state index in [1.807, 2.05) is 48.5 Å². The summed E-state index contributed by atoms with van der Waals surface area (Å²) in [7, 11) is 0. The van der Waals surface area contributed by atoms with Crippen molar-refractivity contribution < 1.29 is 14.1 Å². The highest BCUT2D eigenvalue weighted by molar-refractivity contribution is 5.94. The second-order valence-electron chi connectivity index (χ2n) is 5.88. The molecule has 0 N–H and O–H groups in total. The molecule has 4 heteroatoms. The Bertz CT molecular complexity index is 935. The predicted molar refractivity (Wildman–Crippen MR) is 94.0 cm³/mol. The molecule has 25 heavy (non-hydrogen) atoms. The van der Waals surface area contributed by atoms with Gasteiger partial charge in [-0.2, -0.15) is 4.57 Å². The van der Waals surface area contributed by atoms with E-state index in [0.717, 1.165) is 11.1 Å². The molecule has 1 aliphatic rings. The van der Waals surface area contributed by atoms with Gasteiger partial charge in [0, 0.05) is 11.1 Å². The fourth-order valence-corrected chi connectivity index (χ4v) is 2.90. The molecule has 0 spiro atoms. The number of hydrogen-bond donors (Lipinski definition) is 0. The number of ether oxygens (including phenoxy) is 1. The first-order valence-electron chi connectivity index (χ1n) is 8.17. The summed E-state index contributed by atoms with van der Waals surface area (Å²) in [5.41, 5.74) is 2.98. The Morgan fingerprint density at radius 3 is 2.76 bits per heavy atom. The number of hydrogen-bond acceptors (Lipinski definition) is 3. The Hall–Kier alpha value is -3.27. The molecule has 2 aromatic carbocycles. The number of carbonyl (C=O) groups is 1. The highest BCUT2D eigenvalue weighted by atomic mass is 16.5. The van der Waals surface area contributed by atoms with Gasteiger partial charge in [-0.3, -0.25) is 4.79 Å². The third-order valence-electron chi connectivity index (χ3n) is 4.16. The van der Waals surface area contributed by atoms with Gasteiger partial charge in [-0.1, -0.05) is 60.7 Å². The zero-order valence-corrected chi connectivity index (χ0v) is 13.6. The van der Waals surface area contributed by atoms with Crippen LogP contribution in [0.5, 0.6) is 5.88 Å². The van der Waals surface area contributed by atoms with Crippen molar-refractivity contribution in [3.8, 4) is 5.88 Å². The third-order valence-corrected chi connectivity index (χ3v) is 4.16. The lowest BCUT2D eigenvalue weighted by Crippen LogP contribution is -2.37. The second-order valence-corrected chi connectivity index (χ2v) is 5.88. The van der Waals surface area contributed by atoms with Crippen molar-refractivity contribution in [3.05, 3.63) is 96.0 Å². The van der Waals surface area contributed by atoms with Crippen LogP contribution in [0.1, 0.15) is 27.6 Å². The number of aromatic nitrogens is 2. The van der Waals surface area contributed by atoms with Gasteiger partial charge in [0.2, 0.25) is 18.5 Å². The maximum atomic E-state index is 12.3. The molecule has 1 aromatic heterocycles. The van der Waals surface area contributed by atoms with E-state index in [1.165, 1.54) is 0 Å². The standard InChI is InChI=1S/C21H17N2O2/c24-19(17-7-2-1-3-8-17)14-23-13-12-22-21(15-23)25-20-11-10-16-6-4-5-9-18(16)20/h1-13,15,20H,14H2/q+1. The Morgan fingerprint density at radius 2 is 1.88 bits per heavy atom.